The van der Waals surface area contributed by atoms with Gasteiger partial charge in [-0.2, -0.15) is 4.98 Å². The van der Waals surface area contributed by atoms with E-state index in [4.69, 9.17) is 4.52 Å². The van der Waals surface area contributed by atoms with Gasteiger partial charge < -0.3 is 4.52 Å². The van der Waals surface area contributed by atoms with Gasteiger partial charge in [-0.1, -0.05) is 19.0 Å². The van der Waals surface area contributed by atoms with Gasteiger partial charge in [-0.3, -0.25) is 4.90 Å². The lowest BCUT2D eigenvalue weighted by atomic mass is 10.1. The number of likely N-dealkylation sites (N-methyl/N-ethyl adjacent to an activating group) is 1. The third kappa shape index (κ3) is 3.39. The highest BCUT2D eigenvalue weighted by atomic mass is 32.1. The second kappa shape index (κ2) is 6.25. The minimum atomic E-state index is 0.121. The van der Waals surface area contributed by atoms with Crippen molar-refractivity contribution in [3.63, 3.8) is 0 Å². The molecule has 19 heavy (non-hydrogen) atoms. The number of hydrogen-bond donors (Lipinski definition) is 0. The molecule has 2 atom stereocenters. The Morgan fingerprint density at radius 1 is 1.42 bits per heavy atom. The zero-order chi connectivity index (χ0) is 13.8. The number of nitrogens with zero attached hydrogens (tertiary/aromatic N) is 4. The van der Waals surface area contributed by atoms with Gasteiger partial charge in [0.1, 0.15) is 0 Å². The van der Waals surface area contributed by atoms with Crippen LogP contribution in [0.5, 0.6) is 0 Å². The molecule has 0 N–H and O–H groups in total. The third-order valence-corrected chi connectivity index (χ3v) is 4.26. The van der Waals surface area contributed by atoms with Gasteiger partial charge in [0.15, 0.2) is 5.82 Å². The number of hydrogen-bond acceptors (Lipinski definition) is 6. The Hall–Kier alpha value is -1.27. The summed E-state index contributed by atoms with van der Waals surface area (Å²) < 4.78 is 5.29. The molecule has 0 spiro atoms. The normalized spacial score (nSPS) is 14.8. The molecule has 0 saturated carbocycles. The molecule has 2 unspecified atom stereocenters. The Bertz CT molecular complexity index is 496. The first kappa shape index (κ1) is 14.1. The second-order valence-electron chi connectivity index (χ2n) is 4.79. The van der Waals surface area contributed by atoms with Crippen molar-refractivity contribution < 1.29 is 4.52 Å². The SMILES string of the molecule is CCc1noc(C(C)N(C)CC(C)c2nccs2)n1. The Balaban J connectivity index is 1.97. The van der Waals surface area contributed by atoms with E-state index in [1.165, 1.54) is 5.01 Å². The summed E-state index contributed by atoms with van der Waals surface area (Å²) in [5.41, 5.74) is 0. The van der Waals surface area contributed by atoms with Gasteiger partial charge in [0.2, 0.25) is 5.89 Å². The van der Waals surface area contributed by atoms with E-state index in [0.717, 1.165) is 18.8 Å². The summed E-state index contributed by atoms with van der Waals surface area (Å²) >= 11 is 1.70. The molecule has 2 aromatic rings. The van der Waals surface area contributed by atoms with E-state index in [0.29, 0.717) is 11.8 Å². The standard InChI is InChI=1S/C13H20N4OS/c1-5-11-15-12(18-16-11)10(3)17(4)8-9(2)13-14-6-7-19-13/h6-7,9-10H,5,8H2,1-4H3. The number of thiazole rings is 1. The van der Waals surface area contributed by atoms with Crippen LogP contribution in [0.3, 0.4) is 0 Å². The summed E-state index contributed by atoms with van der Waals surface area (Å²) in [6.45, 7) is 7.21. The van der Waals surface area contributed by atoms with Crippen LogP contribution in [0.25, 0.3) is 0 Å². The lowest BCUT2D eigenvalue weighted by Gasteiger charge is -2.24. The zero-order valence-electron chi connectivity index (χ0n) is 11.8. The Morgan fingerprint density at radius 2 is 2.21 bits per heavy atom. The molecule has 0 bridgehead atoms. The molecule has 0 aliphatic heterocycles. The van der Waals surface area contributed by atoms with Gasteiger partial charge in [0.05, 0.1) is 11.0 Å². The van der Waals surface area contributed by atoms with E-state index < -0.39 is 0 Å². The smallest absolute Gasteiger partial charge is 0.243 e. The fourth-order valence-electron chi connectivity index (χ4n) is 1.92. The summed E-state index contributed by atoms with van der Waals surface area (Å²) in [7, 11) is 2.07. The van der Waals surface area contributed by atoms with Crippen LogP contribution >= 0.6 is 11.3 Å². The minimum absolute atomic E-state index is 0.121. The van der Waals surface area contributed by atoms with Gasteiger partial charge in [-0.05, 0) is 14.0 Å². The zero-order valence-corrected chi connectivity index (χ0v) is 12.6. The van der Waals surface area contributed by atoms with Crippen molar-refractivity contribution in [2.24, 2.45) is 0 Å². The van der Waals surface area contributed by atoms with Crippen LogP contribution in [0, 0.1) is 0 Å². The average Bonchev–Trinajstić information content (AvgIpc) is 3.08. The van der Waals surface area contributed by atoms with E-state index in [2.05, 4.69) is 40.9 Å². The first-order valence-corrected chi connectivity index (χ1v) is 7.41. The van der Waals surface area contributed by atoms with Crippen molar-refractivity contribution in [3.05, 3.63) is 28.3 Å². The lowest BCUT2D eigenvalue weighted by molar-refractivity contribution is 0.201. The molecule has 5 nitrogen and oxygen atoms in total. The van der Waals surface area contributed by atoms with Gasteiger partial charge in [-0.25, -0.2) is 4.98 Å². The van der Waals surface area contributed by atoms with Crippen molar-refractivity contribution in [2.75, 3.05) is 13.6 Å². The molecular formula is C13H20N4OS. The summed E-state index contributed by atoms with van der Waals surface area (Å²) in [5.74, 6) is 1.86. The first-order chi connectivity index (χ1) is 9.11. The summed E-state index contributed by atoms with van der Waals surface area (Å²) in [4.78, 5) is 11.0. The summed E-state index contributed by atoms with van der Waals surface area (Å²) in [6.07, 6.45) is 2.65. The molecule has 0 aromatic carbocycles. The van der Waals surface area contributed by atoms with E-state index in [-0.39, 0.29) is 6.04 Å². The van der Waals surface area contributed by atoms with E-state index in [9.17, 15) is 0 Å². The minimum Gasteiger partial charge on any atom is -0.338 e. The van der Waals surface area contributed by atoms with Crippen LogP contribution in [0.4, 0.5) is 0 Å². The highest BCUT2D eigenvalue weighted by Crippen LogP contribution is 2.23. The summed E-state index contributed by atoms with van der Waals surface area (Å²) in [5, 5.41) is 7.12. The van der Waals surface area contributed by atoms with Gasteiger partial charge in [0.25, 0.3) is 0 Å². The fraction of sp³-hybridized carbons (Fsp3) is 0.615. The lowest BCUT2D eigenvalue weighted by Crippen LogP contribution is -2.27. The molecular weight excluding hydrogens is 260 g/mol. The molecule has 0 aliphatic rings. The van der Waals surface area contributed by atoms with Crippen LogP contribution in [0.2, 0.25) is 0 Å². The van der Waals surface area contributed by atoms with Crippen molar-refractivity contribution >= 4 is 11.3 Å². The molecule has 104 valence electrons. The van der Waals surface area contributed by atoms with Gasteiger partial charge in [0, 0.05) is 30.5 Å². The van der Waals surface area contributed by atoms with Crippen molar-refractivity contribution in [1.29, 1.82) is 0 Å². The van der Waals surface area contributed by atoms with Gasteiger partial charge in [-0.15, -0.1) is 11.3 Å². The summed E-state index contributed by atoms with van der Waals surface area (Å²) in [6, 6.07) is 0.121. The van der Waals surface area contributed by atoms with Crippen molar-refractivity contribution in [2.45, 2.75) is 39.2 Å². The van der Waals surface area contributed by atoms with Crippen molar-refractivity contribution in [1.82, 2.24) is 20.0 Å². The molecule has 0 radical (unpaired) electrons. The molecule has 2 aromatic heterocycles. The maximum absolute atomic E-state index is 5.29. The number of aromatic nitrogens is 3. The topological polar surface area (TPSA) is 55.1 Å². The molecule has 0 amide bonds. The second-order valence-corrected chi connectivity index (χ2v) is 5.72. The van der Waals surface area contributed by atoms with Crippen LogP contribution in [-0.2, 0) is 6.42 Å². The first-order valence-electron chi connectivity index (χ1n) is 6.54. The molecule has 0 fully saturated rings. The molecule has 0 saturated heterocycles. The van der Waals surface area contributed by atoms with E-state index in [1.54, 1.807) is 11.3 Å². The van der Waals surface area contributed by atoms with Crippen LogP contribution < -0.4 is 0 Å². The predicted octanol–water partition coefficient (Wildman–Crippen LogP) is 2.89. The number of rotatable bonds is 6. The van der Waals surface area contributed by atoms with E-state index >= 15 is 0 Å². The van der Waals surface area contributed by atoms with Crippen LogP contribution in [0.1, 0.15) is 49.5 Å². The van der Waals surface area contributed by atoms with Crippen molar-refractivity contribution in [3.8, 4) is 0 Å². The third-order valence-electron chi connectivity index (χ3n) is 3.25. The van der Waals surface area contributed by atoms with E-state index in [1.807, 2.05) is 18.5 Å². The monoisotopic (exact) mass is 280 g/mol. The maximum atomic E-state index is 5.29. The van der Waals surface area contributed by atoms with Gasteiger partial charge >= 0.3 is 0 Å². The average molecular weight is 280 g/mol. The molecule has 6 heteroatoms. The Kier molecular flexibility index (Phi) is 4.66. The van der Waals surface area contributed by atoms with Crippen LogP contribution in [-0.4, -0.2) is 33.6 Å². The highest BCUT2D eigenvalue weighted by molar-refractivity contribution is 7.09. The predicted molar refractivity (Wildman–Crippen MR) is 75.3 cm³/mol. The highest BCUT2D eigenvalue weighted by Gasteiger charge is 2.21. The number of aryl methyl sites for hydroxylation is 1. The molecule has 2 heterocycles. The van der Waals surface area contributed by atoms with Crippen LogP contribution in [0.15, 0.2) is 16.1 Å². The molecule has 2 rings (SSSR count). The molecule has 0 aliphatic carbocycles. The largest absolute Gasteiger partial charge is 0.338 e. The fourth-order valence-corrected chi connectivity index (χ4v) is 2.61. The Labute approximate surface area is 117 Å². The Morgan fingerprint density at radius 3 is 2.79 bits per heavy atom. The maximum Gasteiger partial charge on any atom is 0.243 e. The quantitative estimate of drug-likeness (QED) is 0.814.